The average molecular weight is 131 g/mol. The predicted octanol–water partition coefficient (Wildman–Crippen LogP) is -0.326. The Balaban J connectivity index is 3.50. The molecule has 3 heteroatoms. The molecule has 0 rings (SSSR count). The van der Waals surface area contributed by atoms with Gasteiger partial charge in [0.15, 0.2) is 0 Å². The Hall–Kier alpha value is -0.410. The summed E-state index contributed by atoms with van der Waals surface area (Å²) in [5.74, 6) is 0.0170. The van der Waals surface area contributed by atoms with Crippen molar-refractivity contribution in [3.63, 3.8) is 0 Å². The van der Waals surface area contributed by atoms with Gasteiger partial charge < -0.3 is 10.8 Å². The summed E-state index contributed by atoms with van der Waals surface area (Å²) in [7, 11) is 0. The summed E-state index contributed by atoms with van der Waals surface area (Å²) in [6, 6.07) is -0.400. The first-order valence-corrected chi connectivity index (χ1v) is 2.97. The summed E-state index contributed by atoms with van der Waals surface area (Å²) >= 11 is 0. The van der Waals surface area contributed by atoms with Crippen LogP contribution in [0.5, 0.6) is 0 Å². The Morgan fingerprint density at radius 2 is 2.22 bits per heavy atom. The third-order valence-electron chi connectivity index (χ3n) is 1.14. The van der Waals surface area contributed by atoms with Gasteiger partial charge in [-0.2, -0.15) is 0 Å². The third kappa shape index (κ3) is 4.12. The summed E-state index contributed by atoms with van der Waals surface area (Å²) in [4.78, 5) is 10.4. The zero-order chi connectivity index (χ0) is 7.44. The van der Waals surface area contributed by atoms with Crippen LogP contribution in [0.15, 0.2) is 0 Å². The lowest BCUT2D eigenvalue weighted by Crippen LogP contribution is -2.33. The van der Waals surface area contributed by atoms with Crippen LogP contribution >= 0.6 is 0 Å². The molecule has 0 heterocycles. The molecule has 3 N–H and O–H groups in total. The fourth-order valence-corrected chi connectivity index (χ4v) is 0.502. The highest BCUT2D eigenvalue weighted by Gasteiger charge is 2.10. The number of hydrogen-bond acceptors (Lipinski definition) is 3. The molecule has 0 amide bonds. The van der Waals surface area contributed by atoms with Gasteiger partial charge in [0.25, 0.3) is 0 Å². The van der Waals surface area contributed by atoms with Gasteiger partial charge in [0.05, 0.1) is 6.10 Å². The van der Waals surface area contributed by atoms with E-state index in [4.69, 9.17) is 10.8 Å². The fraction of sp³-hybridized carbons (Fsp3) is 0.833. The largest absolute Gasteiger partial charge is 0.392 e. The van der Waals surface area contributed by atoms with Crippen molar-refractivity contribution >= 4 is 5.78 Å². The van der Waals surface area contributed by atoms with Gasteiger partial charge in [-0.1, -0.05) is 0 Å². The highest BCUT2D eigenvalue weighted by molar-refractivity contribution is 5.76. The number of aliphatic hydroxyl groups is 1. The van der Waals surface area contributed by atoms with Crippen LogP contribution in [-0.4, -0.2) is 23.0 Å². The Labute approximate surface area is 54.9 Å². The number of carbonyl (C=O) groups is 1. The summed E-state index contributed by atoms with van der Waals surface area (Å²) in [6.45, 7) is 3.04. The Bertz CT molecular complexity index is 101. The minimum Gasteiger partial charge on any atom is -0.392 e. The number of Topliss-reactive ketones (excluding diaryl/α,β-unsaturated/α-hetero) is 1. The Morgan fingerprint density at radius 3 is 2.33 bits per heavy atom. The minimum atomic E-state index is -0.589. The van der Waals surface area contributed by atoms with E-state index in [1.807, 2.05) is 0 Å². The van der Waals surface area contributed by atoms with Gasteiger partial charge in [0, 0.05) is 12.5 Å². The van der Waals surface area contributed by atoms with Gasteiger partial charge >= 0.3 is 0 Å². The maximum Gasteiger partial charge on any atom is 0.131 e. The summed E-state index contributed by atoms with van der Waals surface area (Å²) in [6.07, 6.45) is -0.327. The van der Waals surface area contributed by atoms with Crippen molar-refractivity contribution in [2.24, 2.45) is 5.73 Å². The molecule has 0 fully saturated rings. The maximum atomic E-state index is 10.4. The van der Waals surface area contributed by atoms with E-state index in [-0.39, 0.29) is 12.2 Å². The average Bonchev–Trinajstić information content (AvgIpc) is 1.63. The number of hydrogen-bond donors (Lipinski definition) is 2. The van der Waals surface area contributed by atoms with Crippen molar-refractivity contribution in [3.05, 3.63) is 0 Å². The number of carbonyl (C=O) groups excluding carboxylic acids is 1. The molecule has 9 heavy (non-hydrogen) atoms. The van der Waals surface area contributed by atoms with Gasteiger partial charge in [-0.05, 0) is 13.8 Å². The summed E-state index contributed by atoms with van der Waals surface area (Å²) in [5.41, 5.74) is 5.35. The normalized spacial score (nSPS) is 16.9. The van der Waals surface area contributed by atoms with E-state index >= 15 is 0 Å². The highest BCUT2D eigenvalue weighted by atomic mass is 16.3. The van der Waals surface area contributed by atoms with Crippen LogP contribution < -0.4 is 5.73 Å². The molecule has 54 valence electrons. The first kappa shape index (κ1) is 8.59. The van der Waals surface area contributed by atoms with E-state index in [0.29, 0.717) is 0 Å². The van der Waals surface area contributed by atoms with Crippen LogP contribution in [0.2, 0.25) is 0 Å². The molecule has 3 nitrogen and oxygen atoms in total. The first-order chi connectivity index (χ1) is 4.04. The van der Waals surface area contributed by atoms with Gasteiger partial charge in [0.1, 0.15) is 5.78 Å². The molecule has 0 aliphatic heterocycles. The van der Waals surface area contributed by atoms with Crippen molar-refractivity contribution < 1.29 is 9.90 Å². The summed E-state index contributed by atoms with van der Waals surface area (Å²) in [5, 5.41) is 8.79. The molecule has 0 aromatic rings. The van der Waals surface area contributed by atoms with E-state index in [0.717, 1.165) is 0 Å². The molecule has 0 bridgehead atoms. The quantitative estimate of drug-likeness (QED) is 0.551. The van der Waals surface area contributed by atoms with Gasteiger partial charge in [-0.3, -0.25) is 4.79 Å². The second kappa shape index (κ2) is 3.58. The first-order valence-electron chi connectivity index (χ1n) is 2.97. The van der Waals surface area contributed by atoms with Crippen LogP contribution in [0, 0.1) is 0 Å². The van der Waals surface area contributed by atoms with Crippen molar-refractivity contribution in [3.8, 4) is 0 Å². The minimum absolute atomic E-state index is 0.0170. The van der Waals surface area contributed by atoms with Crippen molar-refractivity contribution in [2.75, 3.05) is 0 Å². The molecule has 0 aromatic heterocycles. The molecule has 0 aliphatic rings. The number of ketones is 1. The molecular formula is C6H13NO2. The van der Waals surface area contributed by atoms with E-state index in [1.165, 1.54) is 6.92 Å². The SMILES string of the molecule is CC(=O)C[C@@H](N)[C@@H](C)O. The molecule has 0 aromatic carbocycles. The zero-order valence-corrected chi connectivity index (χ0v) is 5.79. The fourth-order valence-electron chi connectivity index (χ4n) is 0.502. The number of rotatable bonds is 3. The summed E-state index contributed by atoms with van der Waals surface area (Å²) < 4.78 is 0. The molecule has 0 aliphatic carbocycles. The van der Waals surface area contributed by atoms with Crippen LogP contribution in [0.3, 0.4) is 0 Å². The monoisotopic (exact) mass is 131 g/mol. The van der Waals surface area contributed by atoms with Gasteiger partial charge in [-0.15, -0.1) is 0 Å². The zero-order valence-electron chi connectivity index (χ0n) is 5.79. The molecule has 0 saturated heterocycles. The predicted molar refractivity (Wildman–Crippen MR) is 35.0 cm³/mol. The van der Waals surface area contributed by atoms with Gasteiger partial charge in [0.2, 0.25) is 0 Å². The Morgan fingerprint density at radius 1 is 1.78 bits per heavy atom. The topological polar surface area (TPSA) is 63.3 Å². The van der Waals surface area contributed by atoms with E-state index < -0.39 is 12.1 Å². The molecule has 0 unspecified atom stereocenters. The van der Waals surface area contributed by atoms with Crippen LogP contribution in [0.4, 0.5) is 0 Å². The lowest BCUT2D eigenvalue weighted by Gasteiger charge is -2.11. The van der Waals surface area contributed by atoms with E-state index in [9.17, 15) is 4.79 Å². The number of aliphatic hydroxyl groups excluding tert-OH is 1. The van der Waals surface area contributed by atoms with Crippen molar-refractivity contribution in [1.29, 1.82) is 0 Å². The van der Waals surface area contributed by atoms with Crippen LogP contribution in [0.1, 0.15) is 20.3 Å². The van der Waals surface area contributed by atoms with Crippen molar-refractivity contribution in [2.45, 2.75) is 32.4 Å². The van der Waals surface area contributed by atoms with E-state index in [1.54, 1.807) is 6.92 Å². The number of nitrogens with two attached hydrogens (primary N) is 1. The maximum absolute atomic E-state index is 10.4. The molecule has 2 atom stereocenters. The lowest BCUT2D eigenvalue weighted by atomic mass is 10.1. The molecular weight excluding hydrogens is 118 g/mol. The van der Waals surface area contributed by atoms with Crippen LogP contribution in [0.25, 0.3) is 0 Å². The molecule has 0 radical (unpaired) electrons. The second-order valence-corrected chi connectivity index (χ2v) is 2.31. The lowest BCUT2D eigenvalue weighted by molar-refractivity contribution is -0.117. The second-order valence-electron chi connectivity index (χ2n) is 2.31. The third-order valence-corrected chi connectivity index (χ3v) is 1.14. The molecule has 0 saturated carbocycles. The van der Waals surface area contributed by atoms with Crippen LogP contribution in [-0.2, 0) is 4.79 Å². The smallest absolute Gasteiger partial charge is 0.131 e. The van der Waals surface area contributed by atoms with Gasteiger partial charge in [-0.25, -0.2) is 0 Å². The molecule has 0 spiro atoms. The van der Waals surface area contributed by atoms with E-state index in [2.05, 4.69) is 0 Å². The highest BCUT2D eigenvalue weighted by Crippen LogP contribution is 1.94. The van der Waals surface area contributed by atoms with Crippen molar-refractivity contribution in [1.82, 2.24) is 0 Å². The standard InChI is InChI=1S/C6H13NO2/c1-4(8)3-6(7)5(2)9/h5-6,9H,3,7H2,1-2H3/t5-,6-/m1/s1. The Kier molecular flexibility index (Phi) is 3.42.